The normalized spacial score (nSPS) is 25.5. The molecule has 1 atom stereocenters. The maximum Gasteiger partial charge on any atom is 0.0673 e. The predicted molar refractivity (Wildman–Crippen MR) is 42.9 cm³/mol. The first-order valence-electron chi connectivity index (χ1n) is 4.41. The van der Waals surface area contributed by atoms with Crippen molar-refractivity contribution in [2.75, 3.05) is 0 Å². The summed E-state index contributed by atoms with van der Waals surface area (Å²) < 4.78 is 0. The first-order chi connectivity index (χ1) is 4.69. The summed E-state index contributed by atoms with van der Waals surface area (Å²) in [6.45, 7) is 4.35. The fraction of sp³-hybridized carbons (Fsp3) is 1.00. The maximum absolute atomic E-state index is 9.81. The zero-order chi connectivity index (χ0) is 7.61. The van der Waals surface area contributed by atoms with E-state index in [1.807, 2.05) is 0 Å². The second-order valence-electron chi connectivity index (χ2n) is 3.65. The van der Waals surface area contributed by atoms with Gasteiger partial charge in [-0.25, -0.2) is 0 Å². The van der Waals surface area contributed by atoms with Gasteiger partial charge in [-0.2, -0.15) is 0 Å². The maximum atomic E-state index is 9.81. The summed E-state index contributed by atoms with van der Waals surface area (Å²) in [5, 5.41) is 9.81. The lowest BCUT2D eigenvalue weighted by atomic mass is 9.70. The quantitative estimate of drug-likeness (QED) is 0.641. The van der Waals surface area contributed by atoms with Crippen LogP contribution in [0.2, 0.25) is 0 Å². The summed E-state index contributed by atoms with van der Waals surface area (Å²) in [4.78, 5) is 0. The van der Waals surface area contributed by atoms with Crippen LogP contribution in [0.1, 0.15) is 46.0 Å². The smallest absolute Gasteiger partial charge is 0.0673 e. The molecule has 1 aliphatic rings. The van der Waals surface area contributed by atoms with E-state index in [2.05, 4.69) is 13.8 Å². The third-order valence-electron chi connectivity index (χ3n) is 2.86. The van der Waals surface area contributed by atoms with Crippen molar-refractivity contribution in [2.45, 2.75) is 51.6 Å². The summed E-state index contributed by atoms with van der Waals surface area (Å²) in [7, 11) is 0. The van der Waals surface area contributed by atoms with Gasteiger partial charge in [0.15, 0.2) is 0 Å². The molecule has 60 valence electrons. The molecule has 0 amide bonds. The Bertz CT molecular complexity index is 105. The molecule has 10 heavy (non-hydrogen) atoms. The number of hydrogen-bond acceptors (Lipinski definition) is 1. The van der Waals surface area contributed by atoms with Crippen molar-refractivity contribution < 1.29 is 5.11 Å². The highest BCUT2D eigenvalue weighted by Crippen LogP contribution is 2.39. The van der Waals surface area contributed by atoms with E-state index in [1.54, 1.807) is 0 Å². The van der Waals surface area contributed by atoms with Crippen molar-refractivity contribution in [1.29, 1.82) is 0 Å². The van der Waals surface area contributed by atoms with Crippen LogP contribution in [-0.2, 0) is 0 Å². The molecule has 1 saturated carbocycles. The zero-order valence-electron chi connectivity index (χ0n) is 7.06. The van der Waals surface area contributed by atoms with Gasteiger partial charge in [0, 0.05) is 0 Å². The lowest BCUT2D eigenvalue weighted by molar-refractivity contribution is -0.0801. The molecule has 0 saturated heterocycles. The Balaban J connectivity index is 2.31. The number of hydrogen-bond donors (Lipinski definition) is 1. The molecule has 0 spiro atoms. The van der Waals surface area contributed by atoms with Crippen LogP contribution in [0, 0.1) is 5.92 Å². The van der Waals surface area contributed by atoms with Gasteiger partial charge in [-0.1, -0.05) is 20.3 Å². The van der Waals surface area contributed by atoms with E-state index in [4.69, 9.17) is 0 Å². The van der Waals surface area contributed by atoms with Crippen LogP contribution in [0.25, 0.3) is 0 Å². The molecule has 0 aromatic heterocycles. The van der Waals surface area contributed by atoms with Crippen LogP contribution < -0.4 is 0 Å². The van der Waals surface area contributed by atoms with Gasteiger partial charge in [0.25, 0.3) is 0 Å². The highest BCUT2D eigenvalue weighted by molar-refractivity contribution is 4.91. The average molecular weight is 142 g/mol. The Kier molecular flexibility index (Phi) is 2.35. The van der Waals surface area contributed by atoms with Crippen LogP contribution in [0.5, 0.6) is 0 Å². The van der Waals surface area contributed by atoms with Gasteiger partial charge in [0.05, 0.1) is 5.60 Å². The zero-order valence-corrected chi connectivity index (χ0v) is 7.06. The van der Waals surface area contributed by atoms with Gasteiger partial charge in [0.2, 0.25) is 0 Å². The molecule has 0 aromatic carbocycles. The molecular weight excluding hydrogens is 124 g/mol. The van der Waals surface area contributed by atoms with Gasteiger partial charge in [0.1, 0.15) is 0 Å². The van der Waals surface area contributed by atoms with Crippen molar-refractivity contribution in [3.63, 3.8) is 0 Å². The molecule has 0 aromatic rings. The summed E-state index contributed by atoms with van der Waals surface area (Å²) >= 11 is 0. The molecule has 0 bridgehead atoms. The van der Waals surface area contributed by atoms with Gasteiger partial charge in [-0.15, -0.1) is 0 Å². The van der Waals surface area contributed by atoms with Gasteiger partial charge >= 0.3 is 0 Å². The van der Waals surface area contributed by atoms with Crippen LogP contribution in [-0.4, -0.2) is 10.7 Å². The first-order valence-corrected chi connectivity index (χ1v) is 4.41. The number of aliphatic hydroxyl groups is 1. The van der Waals surface area contributed by atoms with E-state index < -0.39 is 0 Å². The minimum absolute atomic E-state index is 0.268. The summed E-state index contributed by atoms with van der Waals surface area (Å²) in [5.41, 5.74) is -0.268. The third kappa shape index (κ3) is 1.34. The van der Waals surface area contributed by atoms with Crippen LogP contribution in [0.15, 0.2) is 0 Å². The van der Waals surface area contributed by atoms with E-state index in [0.29, 0.717) is 5.92 Å². The van der Waals surface area contributed by atoms with Crippen molar-refractivity contribution in [3.05, 3.63) is 0 Å². The van der Waals surface area contributed by atoms with E-state index in [-0.39, 0.29) is 5.60 Å². The lowest BCUT2D eigenvalue weighted by Gasteiger charge is -2.41. The molecule has 1 rings (SSSR count). The molecule has 0 aliphatic heterocycles. The van der Waals surface area contributed by atoms with E-state index in [1.165, 1.54) is 19.3 Å². The first kappa shape index (κ1) is 8.06. The predicted octanol–water partition coefficient (Wildman–Crippen LogP) is 2.34. The van der Waals surface area contributed by atoms with Crippen molar-refractivity contribution in [2.24, 2.45) is 5.92 Å². The molecule has 1 nitrogen and oxygen atoms in total. The molecule has 1 heteroatoms. The van der Waals surface area contributed by atoms with Crippen molar-refractivity contribution in [3.8, 4) is 0 Å². The Morgan fingerprint density at radius 2 is 2.10 bits per heavy atom. The van der Waals surface area contributed by atoms with Crippen molar-refractivity contribution >= 4 is 0 Å². The van der Waals surface area contributed by atoms with E-state index >= 15 is 0 Å². The lowest BCUT2D eigenvalue weighted by Crippen LogP contribution is -2.43. The second kappa shape index (κ2) is 2.91. The standard InChI is InChI=1S/C9H18O/c1-3-5-8(2)9(10)6-4-7-9/h8,10H,3-7H2,1-2H3. The average Bonchev–Trinajstić information content (AvgIpc) is 1.83. The van der Waals surface area contributed by atoms with Crippen molar-refractivity contribution in [1.82, 2.24) is 0 Å². The molecule has 1 fully saturated rings. The fourth-order valence-electron chi connectivity index (χ4n) is 1.73. The molecular formula is C9H18O. The minimum atomic E-state index is -0.268. The summed E-state index contributed by atoms with van der Waals surface area (Å²) in [6.07, 6.45) is 5.67. The van der Waals surface area contributed by atoms with Gasteiger partial charge < -0.3 is 5.11 Å². The highest BCUT2D eigenvalue weighted by Gasteiger charge is 2.38. The molecule has 1 unspecified atom stereocenters. The topological polar surface area (TPSA) is 20.2 Å². The van der Waals surface area contributed by atoms with Gasteiger partial charge in [-0.3, -0.25) is 0 Å². The third-order valence-corrected chi connectivity index (χ3v) is 2.86. The monoisotopic (exact) mass is 142 g/mol. The summed E-state index contributed by atoms with van der Waals surface area (Å²) in [6, 6.07) is 0. The van der Waals surface area contributed by atoms with Crippen LogP contribution in [0.3, 0.4) is 0 Å². The Labute approximate surface area is 63.4 Å². The Morgan fingerprint density at radius 3 is 2.40 bits per heavy atom. The Morgan fingerprint density at radius 1 is 1.50 bits per heavy atom. The van der Waals surface area contributed by atoms with E-state index in [9.17, 15) is 5.11 Å². The minimum Gasteiger partial charge on any atom is -0.390 e. The SMILES string of the molecule is CCCC(C)C1(O)CCC1. The largest absolute Gasteiger partial charge is 0.390 e. The fourth-order valence-corrected chi connectivity index (χ4v) is 1.73. The molecule has 0 radical (unpaired) electrons. The van der Waals surface area contributed by atoms with Crippen LogP contribution in [0.4, 0.5) is 0 Å². The van der Waals surface area contributed by atoms with E-state index in [0.717, 1.165) is 12.8 Å². The van der Waals surface area contributed by atoms with Crippen LogP contribution >= 0.6 is 0 Å². The van der Waals surface area contributed by atoms with Gasteiger partial charge in [-0.05, 0) is 31.6 Å². The highest BCUT2D eigenvalue weighted by atomic mass is 16.3. The molecule has 1 N–H and O–H groups in total. The summed E-state index contributed by atoms with van der Waals surface area (Å²) in [5.74, 6) is 0.520. The molecule has 0 heterocycles. The number of rotatable bonds is 3. The molecule has 1 aliphatic carbocycles. The Hall–Kier alpha value is -0.0400. The second-order valence-corrected chi connectivity index (χ2v) is 3.65.